The minimum Gasteiger partial charge on any atom is -0.477 e. The second-order valence-electron chi connectivity index (χ2n) is 3.88. The third-order valence-corrected chi connectivity index (χ3v) is 2.80. The van der Waals surface area contributed by atoms with Gasteiger partial charge in [0.05, 0.1) is 5.56 Å². The van der Waals surface area contributed by atoms with Crippen molar-refractivity contribution in [2.75, 3.05) is 0 Å². The number of carboxylic acid groups (broad SMARTS) is 1. The largest absolute Gasteiger partial charge is 0.477 e. The van der Waals surface area contributed by atoms with E-state index in [4.69, 9.17) is 10.4 Å². The number of aryl methyl sites for hydroxylation is 1. The van der Waals surface area contributed by atoms with Crippen LogP contribution < -0.4 is 0 Å². The minimum absolute atomic E-state index is 0. The summed E-state index contributed by atoms with van der Waals surface area (Å²) in [7, 11) is 0. The number of para-hydroxylation sites is 1. The van der Waals surface area contributed by atoms with Crippen LogP contribution in [0.25, 0.3) is 5.69 Å². The summed E-state index contributed by atoms with van der Waals surface area (Å²) in [4.78, 5) is 11.2. The third-order valence-electron chi connectivity index (χ3n) is 2.80. The highest BCUT2D eigenvalue weighted by molar-refractivity contribution is 5.87. The number of nitriles is 1. The van der Waals surface area contributed by atoms with E-state index < -0.39 is 5.97 Å². The van der Waals surface area contributed by atoms with Gasteiger partial charge in [-0.3, -0.25) is 0 Å². The molecule has 98 valence electrons. The van der Waals surface area contributed by atoms with Crippen molar-refractivity contribution in [1.29, 1.82) is 5.26 Å². The molecule has 1 aromatic heterocycles. The predicted octanol–water partition coefficient (Wildman–Crippen LogP) is 3.03. The fraction of sp³-hybridized carbons (Fsp3) is 0.143. The molecule has 0 aliphatic rings. The molecule has 0 fully saturated rings. The standard InChI is InChI=1S/C14H12N2O2.ClH/c1-2-11-5-3-4-6-12(11)16-9-10(8-15)7-13(16)14(17)18;/h3-7,9H,2H2,1H3,(H,17,18);1H. The minimum atomic E-state index is -1.04. The lowest BCUT2D eigenvalue weighted by Gasteiger charge is -2.10. The lowest BCUT2D eigenvalue weighted by atomic mass is 10.1. The number of halogens is 1. The summed E-state index contributed by atoms with van der Waals surface area (Å²) in [5.41, 5.74) is 2.30. The van der Waals surface area contributed by atoms with Crippen LogP contribution in [0.15, 0.2) is 36.5 Å². The van der Waals surface area contributed by atoms with Crippen LogP contribution >= 0.6 is 12.4 Å². The highest BCUT2D eigenvalue weighted by Crippen LogP contribution is 2.20. The number of hydrogen-bond acceptors (Lipinski definition) is 2. The molecule has 0 aliphatic heterocycles. The molecule has 0 radical (unpaired) electrons. The van der Waals surface area contributed by atoms with Crippen molar-refractivity contribution < 1.29 is 9.90 Å². The molecule has 1 heterocycles. The topological polar surface area (TPSA) is 66.0 Å². The maximum Gasteiger partial charge on any atom is 0.352 e. The van der Waals surface area contributed by atoms with Gasteiger partial charge in [0.1, 0.15) is 11.8 Å². The van der Waals surface area contributed by atoms with Gasteiger partial charge in [-0.15, -0.1) is 12.4 Å². The average Bonchev–Trinajstić information content (AvgIpc) is 2.83. The number of carboxylic acids is 1. The van der Waals surface area contributed by atoms with E-state index >= 15 is 0 Å². The first-order valence-electron chi connectivity index (χ1n) is 5.61. The van der Waals surface area contributed by atoms with Crippen LogP contribution in [0.2, 0.25) is 0 Å². The second-order valence-corrected chi connectivity index (χ2v) is 3.88. The summed E-state index contributed by atoms with van der Waals surface area (Å²) in [6.07, 6.45) is 2.35. The first-order valence-corrected chi connectivity index (χ1v) is 5.61. The summed E-state index contributed by atoms with van der Waals surface area (Å²) in [5, 5.41) is 18.0. The second kappa shape index (κ2) is 6.07. The van der Waals surface area contributed by atoms with Crippen molar-refractivity contribution in [1.82, 2.24) is 4.57 Å². The summed E-state index contributed by atoms with van der Waals surface area (Å²) in [6.45, 7) is 2.01. The lowest BCUT2D eigenvalue weighted by molar-refractivity contribution is 0.0688. The van der Waals surface area contributed by atoms with Gasteiger partial charge in [0, 0.05) is 11.9 Å². The molecule has 0 spiro atoms. The molecule has 19 heavy (non-hydrogen) atoms. The Labute approximate surface area is 117 Å². The molecule has 1 aromatic carbocycles. The number of benzene rings is 1. The van der Waals surface area contributed by atoms with Gasteiger partial charge >= 0.3 is 5.97 Å². The number of nitrogens with zero attached hydrogens (tertiary/aromatic N) is 2. The van der Waals surface area contributed by atoms with Crippen molar-refractivity contribution in [2.24, 2.45) is 0 Å². The molecule has 0 amide bonds. The van der Waals surface area contributed by atoms with Gasteiger partial charge in [0.2, 0.25) is 0 Å². The van der Waals surface area contributed by atoms with Crippen molar-refractivity contribution in [2.45, 2.75) is 13.3 Å². The van der Waals surface area contributed by atoms with Crippen LogP contribution in [0.3, 0.4) is 0 Å². The van der Waals surface area contributed by atoms with E-state index in [0.717, 1.165) is 17.7 Å². The third kappa shape index (κ3) is 2.78. The number of carbonyl (C=O) groups is 1. The van der Waals surface area contributed by atoms with Gasteiger partial charge in [-0.25, -0.2) is 4.79 Å². The first-order chi connectivity index (χ1) is 8.67. The molecule has 2 rings (SSSR count). The number of hydrogen-bond donors (Lipinski definition) is 1. The number of rotatable bonds is 3. The molecular formula is C14H13ClN2O2. The fourth-order valence-corrected chi connectivity index (χ4v) is 1.93. The Kier molecular flexibility index (Phi) is 4.74. The summed E-state index contributed by atoms with van der Waals surface area (Å²) in [5.74, 6) is -1.04. The normalized spacial score (nSPS) is 9.47. The van der Waals surface area contributed by atoms with Crippen LogP contribution in [-0.4, -0.2) is 15.6 Å². The van der Waals surface area contributed by atoms with Crippen molar-refractivity contribution in [3.63, 3.8) is 0 Å². The zero-order chi connectivity index (χ0) is 13.1. The first kappa shape index (κ1) is 14.8. The predicted molar refractivity (Wildman–Crippen MR) is 74.1 cm³/mol. The molecule has 2 aromatic rings. The molecule has 0 bridgehead atoms. The van der Waals surface area contributed by atoms with Crippen molar-refractivity contribution in [3.8, 4) is 11.8 Å². The Morgan fingerprint density at radius 2 is 2.11 bits per heavy atom. The SMILES string of the molecule is CCc1ccccc1-n1cc(C#N)cc1C(=O)O.Cl. The molecule has 0 saturated carbocycles. The van der Waals surface area contributed by atoms with E-state index in [1.54, 1.807) is 10.8 Å². The van der Waals surface area contributed by atoms with E-state index in [9.17, 15) is 4.79 Å². The van der Waals surface area contributed by atoms with Crippen LogP contribution in [0, 0.1) is 11.3 Å². The number of aromatic carboxylic acids is 1. The van der Waals surface area contributed by atoms with Gasteiger partial charge in [-0.1, -0.05) is 25.1 Å². The zero-order valence-corrected chi connectivity index (χ0v) is 11.1. The zero-order valence-electron chi connectivity index (χ0n) is 10.3. The van der Waals surface area contributed by atoms with Gasteiger partial charge in [0.25, 0.3) is 0 Å². The molecular weight excluding hydrogens is 264 g/mol. The Morgan fingerprint density at radius 1 is 1.42 bits per heavy atom. The summed E-state index contributed by atoms with van der Waals surface area (Å²) >= 11 is 0. The quantitative estimate of drug-likeness (QED) is 0.937. The van der Waals surface area contributed by atoms with Crippen LogP contribution in [0.5, 0.6) is 0 Å². The van der Waals surface area contributed by atoms with E-state index in [0.29, 0.717) is 5.56 Å². The molecule has 5 heteroatoms. The Bertz CT molecular complexity index is 641. The Balaban J connectivity index is 0.00000180. The van der Waals surface area contributed by atoms with Gasteiger partial charge in [-0.05, 0) is 24.1 Å². The lowest BCUT2D eigenvalue weighted by Crippen LogP contribution is -2.07. The monoisotopic (exact) mass is 276 g/mol. The smallest absolute Gasteiger partial charge is 0.352 e. The van der Waals surface area contributed by atoms with Crippen molar-refractivity contribution in [3.05, 3.63) is 53.3 Å². The highest BCUT2D eigenvalue weighted by atomic mass is 35.5. The fourth-order valence-electron chi connectivity index (χ4n) is 1.93. The van der Waals surface area contributed by atoms with Gasteiger partial charge < -0.3 is 9.67 Å². The van der Waals surface area contributed by atoms with E-state index in [1.807, 2.05) is 37.3 Å². The van der Waals surface area contributed by atoms with Crippen LogP contribution in [0.4, 0.5) is 0 Å². The molecule has 0 atom stereocenters. The molecule has 1 N–H and O–H groups in total. The molecule has 0 unspecified atom stereocenters. The maximum absolute atomic E-state index is 11.2. The van der Waals surface area contributed by atoms with Gasteiger partial charge in [-0.2, -0.15) is 5.26 Å². The van der Waals surface area contributed by atoms with Crippen LogP contribution in [-0.2, 0) is 6.42 Å². The molecule has 4 nitrogen and oxygen atoms in total. The highest BCUT2D eigenvalue weighted by Gasteiger charge is 2.15. The van der Waals surface area contributed by atoms with E-state index in [-0.39, 0.29) is 18.1 Å². The van der Waals surface area contributed by atoms with Crippen LogP contribution in [0.1, 0.15) is 28.5 Å². The summed E-state index contributed by atoms with van der Waals surface area (Å²) in [6, 6.07) is 10.9. The van der Waals surface area contributed by atoms with E-state index in [1.165, 1.54) is 6.07 Å². The average molecular weight is 277 g/mol. The Hall–Kier alpha value is -2.25. The molecule has 0 saturated heterocycles. The van der Waals surface area contributed by atoms with E-state index in [2.05, 4.69) is 0 Å². The summed E-state index contributed by atoms with van der Waals surface area (Å²) < 4.78 is 1.56. The number of aromatic nitrogens is 1. The molecule has 0 aliphatic carbocycles. The van der Waals surface area contributed by atoms with Gasteiger partial charge in [0.15, 0.2) is 0 Å². The Morgan fingerprint density at radius 3 is 2.68 bits per heavy atom. The van der Waals surface area contributed by atoms with Crippen molar-refractivity contribution >= 4 is 18.4 Å². The maximum atomic E-state index is 11.2.